The van der Waals surface area contributed by atoms with Crippen molar-refractivity contribution in [2.45, 2.75) is 19.9 Å². The van der Waals surface area contributed by atoms with Crippen molar-refractivity contribution in [2.75, 3.05) is 39.3 Å². The van der Waals surface area contributed by atoms with Crippen LogP contribution in [0.15, 0.2) is 0 Å². The van der Waals surface area contributed by atoms with Crippen LogP contribution in [0.3, 0.4) is 0 Å². The molecule has 1 aliphatic rings. The molecular weight excluding hydrogens is 263 g/mol. The van der Waals surface area contributed by atoms with Crippen molar-refractivity contribution in [1.29, 1.82) is 0 Å². The van der Waals surface area contributed by atoms with Crippen LogP contribution in [-0.2, 0) is 0 Å². The van der Waals surface area contributed by atoms with E-state index in [4.69, 9.17) is 0 Å². The summed E-state index contributed by atoms with van der Waals surface area (Å²) in [5.41, 5.74) is 0. The Labute approximate surface area is 116 Å². The molecule has 1 aliphatic heterocycles. The highest BCUT2D eigenvalue weighted by Crippen LogP contribution is 1.90. The van der Waals surface area contributed by atoms with Crippen molar-refractivity contribution in [3.63, 3.8) is 0 Å². The van der Waals surface area contributed by atoms with Crippen molar-refractivity contribution >= 4 is 30.8 Å². The summed E-state index contributed by atoms with van der Waals surface area (Å²) in [5.74, 6) is 0. The summed E-state index contributed by atoms with van der Waals surface area (Å²) < 4.78 is 0. The van der Waals surface area contributed by atoms with E-state index in [-0.39, 0.29) is 30.8 Å². The topological polar surface area (TPSA) is 56.4 Å². The highest BCUT2D eigenvalue weighted by atomic mass is 35.5. The fraction of sp³-hybridized carbons (Fsp3) is 0.900. The lowest BCUT2D eigenvalue weighted by atomic mass is 10.2. The molecule has 7 heteroatoms. The van der Waals surface area contributed by atoms with Crippen molar-refractivity contribution < 1.29 is 4.79 Å². The molecule has 1 fully saturated rings. The Morgan fingerprint density at radius 3 is 2.41 bits per heavy atom. The molecule has 17 heavy (non-hydrogen) atoms. The highest BCUT2D eigenvalue weighted by Gasteiger charge is 2.14. The van der Waals surface area contributed by atoms with Gasteiger partial charge in [-0.3, -0.25) is 0 Å². The number of rotatable bonds is 4. The Balaban J connectivity index is 0. The molecule has 1 rings (SSSR count). The number of carbonyl (C=O) groups excluding carboxylic acids is 1. The van der Waals surface area contributed by atoms with Gasteiger partial charge in [0.1, 0.15) is 0 Å². The van der Waals surface area contributed by atoms with Gasteiger partial charge in [0.15, 0.2) is 0 Å². The zero-order valence-electron chi connectivity index (χ0n) is 10.5. The summed E-state index contributed by atoms with van der Waals surface area (Å²) >= 11 is 0. The number of hydrogen-bond acceptors (Lipinski definition) is 3. The third-order valence-corrected chi connectivity index (χ3v) is 2.68. The van der Waals surface area contributed by atoms with Crippen LogP contribution in [0.5, 0.6) is 0 Å². The predicted octanol–water partition coefficient (Wildman–Crippen LogP) is 0.443. The van der Waals surface area contributed by atoms with Gasteiger partial charge < -0.3 is 20.9 Å². The minimum atomic E-state index is 0. The fourth-order valence-electron chi connectivity index (χ4n) is 1.69. The minimum absolute atomic E-state index is 0. The number of nitrogens with one attached hydrogen (secondary N) is 3. The fourth-order valence-corrected chi connectivity index (χ4v) is 1.69. The van der Waals surface area contributed by atoms with Crippen LogP contribution in [-0.4, -0.2) is 56.2 Å². The summed E-state index contributed by atoms with van der Waals surface area (Å²) in [4.78, 5) is 13.4. The second-order valence-electron chi connectivity index (χ2n) is 3.71. The van der Waals surface area contributed by atoms with Crippen LogP contribution in [0.25, 0.3) is 0 Å². The lowest BCUT2D eigenvalue weighted by Gasteiger charge is -2.26. The van der Waals surface area contributed by atoms with Crippen LogP contribution in [0.2, 0.25) is 0 Å². The van der Waals surface area contributed by atoms with Crippen LogP contribution in [0.1, 0.15) is 13.8 Å². The van der Waals surface area contributed by atoms with Gasteiger partial charge in [-0.15, -0.1) is 24.8 Å². The molecular formula is C10H24Cl2N4O. The molecule has 0 aromatic carbocycles. The summed E-state index contributed by atoms with van der Waals surface area (Å²) in [5, 5.41) is 9.58. The molecule has 0 aromatic rings. The van der Waals surface area contributed by atoms with Gasteiger partial charge in [0.05, 0.1) is 0 Å². The maximum absolute atomic E-state index is 11.6. The molecule has 0 saturated carbocycles. The Morgan fingerprint density at radius 1 is 1.29 bits per heavy atom. The van der Waals surface area contributed by atoms with Crippen LogP contribution in [0, 0.1) is 0 Å². The Kier molecular flexibility index (Phi) is 12.3. The van der Waals surface area contributed by atoms with E-state index in [1.807, 2.05) is 13.8 Å². The van der Waals surface area contributed by atoms with E-state index < -0.39 is 0 Å². The van der Waals surface area contributed by atoms with Crippen molar-refractivity contribution in [3.05, 3.63) is 0 Å². The lowest BCUT2D eigenvalue weighted by Crippen LogP contribution is -2.54. The molecule has 1 heterocycles. The van der Waals surface area contributed by atoms with E-state index in [2.05, 4.69) is 16.0 Å². The number of nitrogens with zero attached hydrogens (tertiary/aromatic N) is 1. The summed E-state index contributed by atoms with van der Waals surface area (Å²) in [6, 6.07) is 0.394. The smallest absolute Gasteiger partial charge is 0.317 e. The molecule has 104 valence electrons. The SMILES string of the molecule is CCN(CC)C(=O)NCC1CNCCN1.Cl.Cl. The van der Waals surface area contributed by atoms with Gasteiger partial charge in [0.25, 0.3) is 0 Å². The number of amides is 2. The van der Waals surface area contributed by atoms with E-state index in [0.29, 0.717) is 12.6 Å². The number of hydrogen-bond donors (Lipinski definition) is 3. The number of urea groups is 1. The van der Waals surface area contributed by atoms with Crippen LogP contribution in [0.4, 0.5) is 4.79 Å². The third-order valence-electron chi connectivity index (χ3n) is 2.68. The number of piperazine rings is 1. The van der Waals surface area contributed by atoms with Gasteiger partial charge in [-0.05, 0) is 13.8 Å². The third kappa shape index (κ3) is 6.93. The first-order valence-corrected chi connectivity index (χ1v) is 5.74. The van der Waals surface area contributed by atoms with E-state index in [1.54, 1.807) is 4.90 Å². The molecule has 1 atom stereocenters. The van der Waals surface area contributed by atoms with Crippen LogP contribution >= 0.6 is 24.8 Å². The average molecular weight is 287 g/mol. The Morgan fingerprint density at radius 2 is 1.94 bits per heavy atom. The number of carbonyl (C=O) groups is 1. The maximum Gasteiger partial charge on any atom is 0.317 e. The first-order chi connectivity index (χ1) is 7.27. The predicted molar refractivity (Wildman–Crippen MR) is 75.5 cm³/mol. The molecule has 3 N–H and O–H groups in total. The molecule has 5 nitrogen and oxygen atoms in total. The average Bonchev–Trinajstić information content (AvgIpc) is 2.29. The molecule has 1 saturated heterocycles. The van der Waals surface area contributed by atoms with Gasteiger partial charge in [-0.25, -0.2) is 4.79 Å². The van der Waals surface area contributed by atoms with E-state index in [1.165, 1.54) is 0 Å². The zero-order chi connectivity index (χ0) is 11.1. The van der Waals surface area contributed by atoms with Gasteiger partial charge in [0.2, 0.25) is 0 Å². The summed E-state index contributed by atoms with van der Waals surface area (Å²) in [6.45, 7) is 9.12. The first-order valence-electron chi connectivity index (χ1n) is 5.74. The molecule has 0 spiro atoms. The first kappa shape index (κ1) is 19.1. The van der Waals surface area contributed by atoms with Gasteiger partial charge in [-0.2, -0.15) is 0 Å². The van der Waals surface area contributed by atoms with E-state index in [9.17, 15) is 4.79 Å². The molecule has 0 radical (unpaired) electrons. The second-order valence-corrected chi connectivity index (χ2v) is 3.71. The van der Waals surface area contributed by atoms with E-state index in [0.717, 1.165) is 32.7 Å². The zero-order valence-corrected chi connectivity index (χ0v) is 12.1. The van der Waals surface area contributed by atoms with Crippen molar-refractivity contribution in [1.82, 2.24) is 20.9 Å². The van der Waals surface area contributed by atoms with Crippen molar-refractivity contribution in [3.8, 4) is 0 Å². The molecule has 0 aromatic heterocycles. The Hall–Kier alpha value is -0.230. The van der Waals surface area contributed by atoms with Gasteiger partial charge in [-0.1, -0.05) is 0 Å². The summed E-state index contributed by atoms with van der Waals surface area (Å²) in [7, 11) is 0. The largest absolute Gasteiger partial charge is 0.336 e. The molecule has 2 amide bonds. The molecule has 1 unspecified atom stereocenters. The lowest BCUT2D eigenvalue weighted by molar-refractivity contribution is 0.201. The highest BCUT2D eigenvalue weighted by molar-refractivity contribution is 5.85. The minimum Gasteiger partial charge on any atom is -0.336 e. The van der Waals surface area contributed by atoms with E-state index >= 15 is 0 Å². The quantitative estimate of drug-likeness (QED) is 0.703. The molecule has 0 bridgehead atoms. The second kappa shape index (κ2) is 10.9. The van der Waals surface area contributed by atoms with Gasteiger partial charge in [0, 0.05) is 45.3 Å². The van der Waals surface area contributed by atoms with Gasteiger partial charge >= 0.3 is 6.03 Å². The number of halogens is 2. The summed E-state index contributed by atoms with van der Waals surface area (Å²) in [6.07, 6.45) is 0. The maximum atomic E-state index is 11.6. The monoisotopic (exact) mass is 286 g/mol. The molecule has 0 aliphatic carbocycles. The van der Waals surface area contributed by atoms with Crippen LogP contribution < -0.4 is 16.0 Å². The standard InChI is InChI=1S/C10H22N4O.2ClH/c1-3-14(4-2)10(15)13-8-9-7-11-5-6-12-9;;/h9,11-12H,3-8H2,1-2H3,(H,13,15);2*1H. The normalized spacial score (nSPS) is 18.6. The Bertz CT molecular complexity index is 197. The van der Waals surface area contributed by atoms with Crippen molar-refractivity contribution in [2.24, 2.45) is 0 Å².